The van der Waals surface area contributed by atoms with E-state index in [2.05, 4.69) is 16.7 Å². The van der Waals surface area contributed by atoms with Gasteiger partial charge in [-0.1, -0.05) is 29.8 Å². The number of carbonyl (C=O) groups excluding carboxylic acids is 2. The van der Waals surface area contributed by atoms with Gasteiger partial charge in [0.2, 0.25) is 0 Å². The number of benzene rings is 1. The highest BCUT2D eigenvalue weighted by Crippen LogP contribution is 2.25. The van der Waals surface area contributed by atoms with Crippen LogP contribution in [0.1, 0.15) is 44.0 Å². The van der Waals surface area contributed by atoms with Crippen molar-refractivity contribution in [3.63, 3.8) is 0 Å². The van der Waals surface area contributed by atoms with Crippen molar-refractivity contribution in [1.82, 2.24) is 10.6 Å². The quantitative estimate of drug-likeness (QED) is 0.579. The molecule has 1 aliphatic rings. The van der Waals surface area contributed by atoms with E-state index in [0.29, 0.717) is 12.3 Å². The van der Waals surface area contributed by atoms with Gasteiger partial charge >= 0.3 is 11.8 Å². The van der Waals surface area contributed by atoms with E-state index in [1.54, 1.807) is 7.11 Å². The third-order valence-corrected chi connectivity index (χ3v) is 4.82. The molecule has 1 unspecified atom stereocenters. The van der Waals surface area contributed by atoms with Gasteiger partial charge in [-0.05, 0) is 44.2 Å². The zero-order valence-corrected chi connectivity index (χ0v) is 15.6. The maximum atomic E-state index is 12.0. The Morgan fingerprint density at radius 2 is 2.00 bits per heavy atom. The fraction of sp³-hybridized carbons (Fsp3) is 0.429. The summed E-state index contributed by atoms with van der Waals surface area (Å²) in [6.45, 7) is 0.642. The first-order valence-electron chi connectivity index (χ1n) is 9.42. The first-order valence-corrected chi connectivity index (χ1v) is 9.42. The maximum Gasteiger partial charge on any atom is 0.309 e. The van der Waals surface area contributed by atoms with Gasteiger partial charge in [-0.2, -0.15) is 0 Å². The van der Waals surface area contributed by atoms with Crippen molar-refractivity contribution in [3.05, 3.63) is 47.7 Å². The highest BCUT2D eigenvalue weighted by Gasteiger charge is 2.19. The topological polar surface area (TPSA) is 80.6 Å². The van der Waals surface area contributed by atoms with Crippen LogP contribution in [0.3, 0.4) is 0 Å². The van der Waals surface area contributed by atoms with Gasteiger partial charge in [0.25, 0.3) is 0 Å². The predicted molar refractivity (Wildman–Crippen MR) is 103 cm³/mol. The van der Waals surface area contributed by atoms with E-state index >= 15 is 0 Å². The molecule has 0 bridgehead atoms. The molecule has 3 rings (SSSR count). The molecule has 0 saturated heterocycles. The molecule has 27 heavy (non-hydrogen) atoms. The summed E-state index contributed by atoms with van der Waals surface area (Å²) in [5, 5.41) is 6.26. The minimum absolute atomic E-state index is 0.160. The van der Waals surface area contributed by atoms with Gasteiger partial charge < -0.3 is 19.8 Å². The molecule has 0 saturated carbocycles. The second-order valence-electron chi connectivity index (χ2n) is 6.74. The lowest BCUT2D eigenvalue weighted by molar-refractivity contribution is -0.139. The number of hydrogen-bond acceptors (Lipinski definition) is 4. The number of allylic oxidation sites excluding steroid dienone is 1. The number of methoxy groups -OCH3 is 1. The van der Waals surface area contributed by atoms with Crippen LogP contribution < -0.4 is 10.6 Å². The van der Waals surface area contributed by atoms with Crippen molar-refractivity contribution < 1.29 is 18.7 Å². The average Bonchev–Trinajstić information content (AvgIpc) is 3.13. The first kappa shape index (κ1) is 19.2. The number of rotatable bonds is 7. The van der Waals surface area contributed by atoms with Crippen LogP contribution in [-0.4, -0.2) is 32.0 Å². The third kappa shape index (κ3) is 5.20. The second-order valence-corrected chi connectivity index (χ2v) is 6.74. The van der Waals surface area contributed by atoms with Crippen molar-refractivity contribution in [2.45, 2.75) is 38.2 Å². The Kier molecular flexibility index (Phi) is 6.65. The smallest absolute Gasteiger partial charge is 0.309 e. The van der Waals surface area contributed by atoms with Gasteiger partial charge in [-0.25, -0.2) is 0 Å². The Morgan fingerprint density at radius 1 is 1.19 bits per heavy atom. The van der Waals surface area contributed by atoms with Crippen molar-refractivity contribution in [1.29, 1.82) is 0 Å². The maximum absolute atomic E-state index is 12.0. The van der Waals surface area contributed by atoms with Crippen LogP contribution in [0, 0.1) is 0 Å². The van der Waals surface area contributed by atoms with E-state index < -0.39 is 17.9 Å². The Labute approximate surface area is 158 Å². The van der Waals surface area contributed by atoms with Gasteiger partial charge in [0, 0.05) is 19.0 Å². The van der Waals surface area contributed by atoms with Crippen molar-refractivity contribution >= 4 is 22.8 Å². The van der Waals surface area contributed by atoms with Crippen LogP contribution >= 0.6 is 0 Å². The summed E-state index contributed by atoms with van der Waals surface area (Å²) in [5.74, 6) is -0.666. The van der Waals surface area contributed by atoms with Gasteiger partial charge in [-0.3, -0.25) is 9.59 Å². The molecule has 0 fully saturated rings. The zero-order valence-electron chi connectivity index (χ0n) is 15.6. The molecule has 0 radical (unpaired) electrons. The number of fused-ring (bicyclic) bond motifs is 1. The van der Waals surface area contributed by atoms with E-state index in [1.807, 2.05) is 30.3 Å². The molecule has 2 N–H and O–H groups in total. The highest BCUT2D eigenvalue weighted by atomic mass is 16.5. The molecule has 2 aromatic rings. The van der Waals surface area contributed by atoms with Crippen LogP contribution in [0.25, 0.3) is 11.0 Å². The molecule has 6 heteroatoms. The first-order chi connectivity index (χ1) is 13.2. The van der Waals surface area contributed by atoms with Gasteiger partial charge in [0.1, 0.15) is 17.4 Å². The van der Waals surface area contributed by atoms with Crippen LogP contribution in [0.4, 0.5) is 0 Å². The lowest BCUT2D eigenvalue weighted by atomic mass is 9.97. The van der Waals surface area contributed by atoms with E-state index in [1.165, 1.54) is 18.4 Å². The van der Waals surface area contributed by atoms with E-state index in [9.17, 15) is 9.59 Å². The molecule has 0 spiro atoms. The molecular formula is C21H26N2O4. The molecule has 1 aromatic heterocycles. The summed E-state index contributed by atoms with van der Waals surface area (Å²) < 4.78 is 11.2. The molecule has 144 valence electrons. The van der Waals surface area contributed by atoms with E-state index in [0.717, 1.165) is 30.2 Å². The normalized spacial score (nSPS) is 15.2. The van der Waals surface area contributed by atoms with Crippen LogP contribution in [0.15, 0.2) is 46.4 Å². The lowest BCUT2D eigenvalue weighted by Crippen LogP contribution is -2.41. The zero-order chi connectivity index (χ0) is 19.1. The lowest BCUT2D eigenvalue weighted by Gasteiger charge is -2.14. The molecule has 0 aliphatic heterocycles. The number of hydrogen-bond donors (Lipinski definition) is 2. The van der Waals surface area contributed by atoms with Crippen molar-refractivity contribution in [2.24, 2.45) is 0 Å². The van der Waals surface area contributed by atoms with Gasteiger partial charge in [0.05, 0.1) is 6.54 Å². The number of carbonyl (C=O) groups is 2. The molecular weight excluding hydrogens is 344 g/mol. The SMILES string of the molecule is COC(CNC(=O)C(=O)NCCC1=CCCCC1)c1cc2ccccc2o1. The molecule has 6 nitrogen and oxygen atoms in total. The number of ether oxygens (including phenoxy) is 1. The highest BCUT2D eigenvalue weighted by molar-refractivity contribution is 6.35. The third-order valence-electron chi connectivity index (χ3n) is 4.82. The molecule has 2 amide bonds. The monoisotopic (exact) mass is 370 g/mol. The summed E-state index contributed by atoms with van der Waals surface area (Å²) in [6, 6.07) is 9.53. The fourth-order valence-corrected chi connectivity index (χ4v) is 3.28. The number of furan rings is 1. The Bertz CT molecular complexity index is 791. The molecule has 1 aromatic carbocycles. The fourth-order valence-electron chi connectivity index (χ4n) is 3.28. The summed E-state index contributed by atoms with van der Waals surface area (Å²) in [5.41, 5.74) is 2.13. The summed E-state index contributed by atoms with van der Waals surface area (Å²) in [6.07, 6.45) is 7.25. The Balaban J connectivity index is 1.46. The second kappa shape index (κ2) is 9.37. The Hall–Kier alpha value is -2.60. The average molecular weight is 370 g/mol. The predicted octanol–water partition coefficient (Wildman–Crippen LogP) is 3.24. The summed E-state index contributed by atoms with van der Waals surface area (Å²) in [7, 11) is 1.54. The number of nitrogens with one attached hydrogen (secondary N) is 2. The summed E-state index contributed by atoms with van der Waals surface area (Å²) >= 11 is 0. The standard InChI is InChI=1S/C21H26N2O4/c1-26-19(18-13-16-9-5-6-10-17(16)27-18)14-23-21(25)20(24)22-12-11-15-7-3-2-4-8-15/h5-7,9-10,13,19H,2-4,8,11-12,14H2,1H3,(H,22,24)(H,23,25). The molecule has 1 aliphatic carbocycles. The summed E-state index contributed by atoms with van der Waals surface area (Å²) in [4.78, 5) is 24.0. The van der Waals surface area contributed by atoms with E-state index in [-0.39, 0.29) is 6.54 Å². The number of amides is 2. The molecule has 1 heterocycles. The Morgan fingerprint density at radius 3 is 2.74 bits per heavy atom. The van der Waals surface area contributed by atoms with Crippen molar-refractivity contribution in [3.8, 4) is 0 Å². The minimum atomic E-state index is -0.661. The number of para-hydroxylation sites is 1. The van der Waals surface area contributed by atoms with Crippen LogP contribution in [-0.2, 0) is 14.3 Å². The largest absolute Gasteiger partial charge is 0.458 e. The van der Waals surface area contributed by atoms with Gasteiger partial charge in [-0.15, -0.1) is 0 Å². The van der Waals surface area contributed by atoms with Gasteiger partial charge in [0.15, 0.2) is 0 Å². The van der Waals surface area contributed by atoms with Crippen molar-refractivity contribution in [2.75, 3.05) is 20.2 Å². The molecule has 1 atom stereocenters. The minimum Gasteiger partial charge on any atom is -0.458 e. The van der Waals surface area contributed by atoms with E-state index in [4.69, 9.17) is 9.15 Å². The van der Waals surface area contributed by atoms with Crippen LogP contribution in [0.2, 0.25) is 0 Å². The van der Waals surface area contributed by atoms with Crippen LogP contribution in [0.5, 0.6) is 0 Å².